The number of nitrogens with zero attached hydrogens (tertiary/aromatic N) is 2. The summed E-state index contributed by atoms with van der Waals surface area (Å²) in [5.41, 5.74) is 1.13. The van der Waals surface area contributed by atoms with Crippen LogP contribution in [-0.4, -0.2) is 48.3 Å². The fraction of sp³-hybridized carbons (Fsp3) is 0.412. The van der Waals surface area contributed by atoms with Crippen molar-refractivity contribution in [2.45, 2.75) is 19.1 Å². The lowest BCUT2D eigenvalue weighted by Gasteiger charge is -2.38. The molecule has 0 spiro atoms. The second-order valence-corrected chi connectivity index (χ2v) is 8.77. The molecule has 1 amide bonds. The van der Waals surface area contributed by atoms with Crippen LogP contribution >= 0.6 is 0 Å². The Morgan fingerprint density at radius 1 is 1.22 bits per heavy atom. The number of likely N-dealkylation sites (tertiary alicyclic amines) is 1. The molecule has 0 bridgehead atoms. The molecule has 0 aliphatic carbocycles. The van der Waals surface area contributed by atoms with Crippen molar-refractivity contribution in [2.75, 3.05) is 18.8 Å². The van der Waals surface area contributed by atoms with Crippen molar-refractivity contribution < 1.29 is 13.2 Å². The molecule has 6 heteroatoms. The van der Waals surface area contributed by atoms with Crippen LogP contribution in [0.1, 0.15) is 24.3 Å². The largest absolute Gasteiger partial charge is 0.335 e. The van der Waals surface area contributed by atoms with E-state index in [0.717, 1.165) is 10.9 Å². The van der Waals surface area contributed by atoms with Crippen LogP contribution in [0.4, 0.5) is 0 Å². The van der Waals surface area contributed by atoms with Crippen LogP contribution in [0, 0.1) is 5.92 Å². The molecule has 5 nitrogen and oxygen atoms in total. The summed E-state index contributed by atoms with van der Waals surface area (Å²) in [5.74, 6) is 0.0761. The van der Waals surface area contributed by atoms with Crippen LogP contribution in [0.15, 0.2) is 36.4 Å². The van der Waals surface area contributed by atoms with Crippen LogP contribution in [-0.2, 0) is 9.84 Å². The Kier molecular flexibility index (Phi) is 4.10. The van der Waals surface area contributed by atoms with Gasteiger partial charge in [-0.25, -0.2) is 13.4 Å². The molecule has 1 aromatic heterocycles. The van der Waals surface area contributed by atoms with Gasteiger partial charge in [0.15, 0.2) is 9.84 Å². The quantitative estimate of drug-likeness (QED) is 0.860. The normalized spacial score (nSPS) is 15.9. The summed E-state index contributed by atoms with van der Waals surface area (Å²) in [4.78, 5) is 18.4. The summed E-state index contributed by atoms with van der Waals surface area (Å²) < 4.78 is 24.3. The predicted octanol–water partition coefficient (Wildman–Crippen LogP) is 2.13. The molecule has 0 atom stereocenters. The number of amides is 1. The second-order valence-electron chi connectivity index (χ2n) is 6.44. The Labute approximate surface area is 136 Å². The van der Waals surface area contributed by atoms with Crippen molar-refractivity contribution >= 4 is 26.6 Å². The lowest BCUT2D eigenvalue weighted by molar-refractivity contribution is 0.0653. The van der Waals surface area contributed by atoms with Gasteiger partial charge in [-0.05, 0) is 18.1 Å². The number of carbonyl (C=O) groups excluding carboxylic acids is 1. The zero-order valence-electron chi connectivity index (χ0n) is 13.3. The van der Waals surface area contributed by atoms with Gasteiger partial charge in [-0.3, -0.25) is 4.79 Å². The molecule has 3 rings (SSSR count). The maximum absolute atomic E-state index is 12.4. The van der Waals surface area contributed by atoms with Gasteiger partial charge in [0.05, 0.1) is 16.5 Å². The molecule has 0 radical (unpaired) electrons. The van der Waals surface area contributed by atoms with E-state index >= 15 is 0 Å². The van der Waals surface area contributed by atoms with Gasteiger partial charge in [0, 0.05) is 18.5 Å². The monoisotopic (exact) mass is 332 g/mol. The third-order valence-corrected chi connectivity index (χ3v) is 6.47. The van der Waals surface area contributed by atoms with Crippen molar-refractivity contribution in [1.29, 1.82) is 0 Å². The van der Waals surface area contributed by atoms with Gasteiger partial charge in [-0.15, -0.1) is 0 Å². The SMILES string of the molecule is CC(C)CS(=O)(=O)C1CN(C(=O)c2ccc3ccccc3n2)C1. The summed E-state index contributed by atoms with van der Waals surface area (Å²) in [7, 11) is -3.12. The van der Waals surface area contributed by atoms with E-state index in [1.165, 1.54) is 0 Å². The van der Waals surface area contributed by atoms with E-state index in [2.05, 4.69) is 4.98 Å². The highest BCUT2D eigenvalue weighted by Gasteiger charge is 2.40. The summed E-state index contributed by atoms with van der Waals surface area (Å²) in [6.45, 7) is 4.31. The van der Waals surface area contributed by atoms with Crippen molar-refractivity contribution in [3.63, 3.8) is 0 Å². The number of aromatic nitrogens is 1. The highest BCUT2D eigenvalue weighted by atomic mass is 32.2. The number of fused-ring (bicyclic) bond motifs is 1. The highest BCUT2D eigenvalue weighted by molar-refractivity contribution is 7.92. The number of hydrogen-bond acceptors (Lipinski definition) is 4. The first kappa shape index (κ1) is 15.9. The third kappa shape index (κ3) is 3.22. The molecular weight excluding hydrogens is 312 g/mol. The Hall–Kier alpha value is -1.95. The number of para-hydroxylation sites is 1. The Morgan fingerprint density at radius 2 is 1.91 bits per heavy atom. The molecule has 0 N–H and O–H groups in total. The van der Waals surface area contributed by atoms with Crippen molar-refractivity contribution in [1.82, 2.24) is 9.88 Å². The third-order valence-electron chi connectivity index (χ3n) is 4.03. The summed E-state index contributed by atoms with van der Waals surface area (Å²) in [6, 6.07) is 11.2. The lowest BCUT2D eigenvalue weighted by atomic mass is 10.1. The summed E-state index contributed by atoms with van der Waals surface area (Å²) in [5, 5.41) is 0.541. The van der Waals surface area contributed by atoms with Gasteiger partial charge in [0.2, 0.25) is 0 Å². The lowest BCUT2D eigenvalue weighted by Crippen LogP contribution is -2.57. The van der Waals surface area contributed by atoms with Gasteiger partial charge in [0.1, 0.15) is 5.69 Å². The maximum Gasteiger partial charge on any atom is 0.272 e. The van der Waals surface area contributed by atoms with Gasteiger partial charge >= 0.3 is 0 Å². The predicted molar refractivity (Wildman–Crippen MR) is 90.1 cm³/mol. The van der Waals surface area contributed by atoms with Crippen molar-refractivity contribution in [3.8, 4) is 0 Å². The average molecular weight is 332 g/mol. The molecule has 122 valence electrons. The first-order chi connectivity index (χ1) is 10.9. The minimum absolute atomic E-state index is 0.104. The standard InChI is InChI=1S/C17H20N2O3S/c1-12(2)11-23(21,22)14-9-19(10-14)17(20)16-8-7-13-5-3-4-6-15(13)18-16/h3-8,12,14H,9-11H2,1-2H3. The van der Waals surface area contributed by atoms with E-state index in [1.807, 2.05) is 44.2 Å². The molecule has 0 unspecified atom stereocenters. The number of benzene rings is 1. The topological polar surface area (TPSA) is 67.3 Å². The van der Waals surface area contributed by atoms with Crippen LogP contribution in [0.2, 0.25) is 0 Å². The molecule has 0 saturated carbocycles. The Balaban J connectivity index is 1.70. The van der Waals surface area contributed by atoms with Crippen LogP contribution in [0.25, 0.3) is 10.9 Å². The first-order valence-corrected chi connectivity index (χ1v) is 9.45. The molecule has 23 heavy (non-hydrogen) atoms. The van der Waals surface area contributed by atoms with Crippen LogP contribution in [0.5, 0.6) is 0 Å². The fourth-order valence-electron chi connectivity index (χ4n) is 2.78. The average Bonchev–Trinajstić information content (AvgIpc) is 2.43. The number of hydrogen-bond donors (Lipinski definition) is 0. The van der Waals surface area contributed by atoms with Gasteiger partial charge in [-0.1, -0.05) is 38.1 Å². The molecule has 2 aromatic rings. The summed E-state index contributed by atoms with van der Waals surface area (Å²) in [6.07, 6.45) is 0. The van der Waals surface area contributed by atoms with E-state index in [-0.39, 0.29) is 30.7 Å². The van der Waals surface area contributed by atoms with E-state index in [4.69, 9.17) is 0 Å². The zero-order valence-corrected chi connectivity index (χ0v) is 14.1. The van der Waals surface area contributed by atoms with Gasteiger partial charge in [-0.2, -0.15) is 0 Å². The van der Waals surface area contributed by atoms with Crippen LogP contribution in [0.3, 0.4) is 0 Å². The number of pyridine rings is 1. The minimum atomic E-state index is -3.12. The van der Waals surface area contributed by atoms with E-state index in [0.29, 0.717) is 5.69 Å². The minimum Gasteiger partial charge on any atom is -0.335 e. The molecule has 2 heterocycles. The zero-order chi connectivity index (χ0) is 16.6. The first-order valence-electron chi connectivity index (χ1n) is 7.73. The Bertz CT molecular complexity index is 840. The Morgan fingerprint density at radius 3 is 2.61 bits per heavy atom. The molecule has 1 aliphatic rings. The number of carbonyl (C=O) groups is 1. The van der Waals surface area contributed by atoms with E-state index < -0.39 is 15.1 Å². The van der Waals surface area contributed by atoms with Gasteiger partial charge in [0.25, 0.3) is 5.91 Å². The van der Waals surface area contributed by atoms with E-state index in [9.17, 15) is 13.2 Å². The summed E-state index contributed by atoms with van der Waals surface area (Å²) >= 11 is 0. The van der Waals surface area contributed by atoms with Gasteiger partial charge < -0.3 is 4.90 Å². The molecule has 1 aromatic carbocycles. The number of sulfone groups is 1. The fourth-order valence-corrected chi connectivity index (χ4v) is 4.79. The molecular formula is C17H20N2O3S. The van der Waals surface area contributed by atoms with Crippen molar-refractivity contribution in [3.05, 3.63) is 42.1 Å². The second kappa shape index (κ2) is 5.92. The molecule has 1 saturated heterocycles. The van der Waals surface area contributed by atoms with E-state index in [1.54, 1.807) is 11.0 Å². The van der Waals surface area contributed by atoms with Crippen LogP contribution < -0.4 is 0 Å². The van der Waals surface area contributed by atoms with Crippen molar-refractivity contribution in [2.24, 2.45) is 5.92 Å². The molecule has 1 aliphatic heterocycles. The smallest absolute Gasteiger partial charge is 0.272 e. The number of rotatable bonds is 4. The maximum atomic E-state index is 12.4. The highest BCUT2D eigenvalue weighted by Crippen LogP contribution is 2.21. The molecule has 1 fully saturated rings.